The van der Waals surface area contributed by atoms with Gasteiger partial charge in [0.15, 0.2) is 0 Å². The first kappa shape index (κ1) is 35.6. The molecule has 3 N–H and O–H groups in total. The zero-order valence-corrected chi connectivity index (χ0v) is 29.0. The summed E-state index contributed by atoms with van der Waals surface area (Å²) >= 11 is 0.950. The Morgan fingerprint density at radius 2 is 1.65 bits per heavy atom. The zero-order valence-electron chi connectivity index (χ0n) is 27.3. The number of thiophene rings is 1. The molecule has 1 unspecified atom stereocenters. The molecule has 0 radical (unpaired) electrons. The minimum Gasteiger partial charge on any atom is -0.340 e. The van der Waals surface area contributed by atoms with Crippen LogP contribution in [0.1, 0.15) is 67.8 Å². The van der Waals surface area contributed by atoms with E-state index >= 15 is 0 Å². The Labute approximate surface area is 281 Å². The second-order valence-corrected chi connectivity index (χ2v) is 16.1. The molecule has 4 amide bonds. The Kier molecular flexibility index (Phi) is 9.61. The summed E-state index contributed by atoms with van der Waals surface area (Å²) in [4.78, 5) is 77.0. The predicted octanol–water partition coefficient (Wildman–Crippen LogP) is 4.80. The molecule has 2 fully saturated rings. The number of rotatable bonds is 6. The summed E-state index contributed by atoms with van der Waals surface area (Å²) in [6.45, 7) is 7.86. The van der Waals surface area contributed by atoms with E-state index in [-0.39, 0.29) is 40.1 Å². The van der Waals surface area contributed by atoms with Crippen molar-refractivity contribution in [2.75, 3.05) is 25.0 Å². The number of nitrogens with one attached hydrogen (secondary N) is 1. The van der Waals surface area contributed by atoms with Gasteiger partial charge < -0.3 is 29.8 Å². The largest absolute Gasteiger partial charge is 0.399 e. The first-order valence-electron chi connectivity index (χ1n) is 15.5. The van der Waals surface area contributed by atoms with Crippen molar-refractivity contribution in [1.29, 1.82) is 0 Å². The van der Waals surface area contributed by atoms with E-state index in [9.17, 15) is 32.5 Å². The zero-order chi connectivity index (χ0) is 35.3. The van der Waals surface area contributed by atoms with Gasteiger partial charge in [0.2, 0.25) is 17.7 Å². The molecule has 1 aromatic heterocycles. The van der Waals surface area contributed by atoms with Crippen LogP contribution in [0.15, 0.2) is 48.5 Å². The Bertz CT molecular complexity index is 1800. The fourth-order valence-corrected chi connectivity index (χ4v) is 7.71. The molecule has 0 bridgehead atoms. The summed E-state index contributed by atoms with van der Waals surface area (Å²) < 4.78 is 40.5. The van der Waals surface area contributed by atoms with Crippen molar-refractivity contribution in [3.63, 3.8) is 0 Å². The van der Waals surface area contributed by atoms with Crippen LogP contribution in [-0.4, -0.2) is 81.5 Å². The van der Waals surface area contributed by atoms with Gasteiger partial charge in [-0.3, -0.25) is 23.7 Å². The Morgan fingerprint density at radius 1 is 1.00 bits per heavy atom. The van der Waals surface area contributed by atoms with Gasteiger partial charge in [-0.15, -0.1) is 11.3 Å². The lowest BCUT2D eigenvalue weighted by atomic mass is 9.87. The molecular formula is C33H39F2N4O7PS. The number of benzene rings is 2. The van der Waals surface area contributed by atoms with Crippen LogP contribution >= 0.6 is 18.9 Å². The lowest BCUT2D eigenvalue weighted by Gasteiger charge is -2.39. The van der Waals surface area contributed by atoms with Gasteiger partial charge in [0.25, 0.3) is 5.91 Å². The molecule has 3 aromatic rings. The van der Waals surface area contributed by atoms with Gasteiger partial charge >= 0.3 is 13.3 Å². The molecule has 2 saturated heterocycles. The number of anilines is 1. The highest BCUT2D eigenvalue weighted by Crippen LogP contribution is 2.59. The lowest BCUT2D eigenvalue weighted by molar-refractivity contribution is -0.144. The van der Waals surface area contributed by atoms with Crippen molar-refractivity contribution in [1.82, 2.24) is 15.1 Å². The second-order valence-electron chi connectivity index (χ2n) is 13.4. The van der Waals surface area contributed by atoms with Crippen LogP contribution in [0.3, 0.4) is 0 Å². The summed E-state index contributed by atoms with van der Waals surface area (Å²) in [5.74, 6) is -1.75. The number of halogens is 2. The number of likely N-dealkylation sites (N-methyl/N-ethyl adjacent to an activating group) is 1. The summed E-state index contributed by atoms with van der Waals surface area (Å²) in [6, 6.07) is 9.72. The highest BCUT2D eigenvalue weighted by molar-refractivity contribution is 7.52. The Balaban J connectivity index is 1.40. The van der Waals surface area contributed by atoms with Crippen LogP contribution in [0, 0.1) is 0 Å². The molecule has 15 heteroatoms. The molecule has 0 saturated carbocycles. The molecule has 5 rings (SSSR count). The number of amides is 4. The predicted molar refractivity (Wildman–Crippen MR) is 178 cm³/mol. The number of fused-ring (bicyclic) bond motifs is 2. The SMILES string of the molecule is CC(=O)N1CC[C@H]2CC[C@@H](C(=O)N(C)c3ccc(C(C)(C)C)cc3)N2C(=O)C(NC(=O)c2cc3cc(C(F)(F)P(=O)(O)O)ccc3s2)C1. The van der Waals surface area contributed by atoms with E-state index in [0.717, 1.165) is 29.0 Å². The summed E-state index contributed by atoms with van der Waals surface area (Å²) in [5, 5.41) is 2.87. The van der Waals surface area contributed by atoms with Crippen molar-refractivity contribution in [2.45, 2.75) is 76.2 Å². The average Bonchev–Trinajstić information content (AvgIpc) is 3.63. The lowest BCUT2D eigenvalue weighted by Crippen LogP contribution is -2.61. The molecule has 0 aliphatic carbocycles. The van der Waals surface area contributed by atoms with E-state index in [2.05, 4.69) is 26.1 Å². The van der Waals surface area contributed by atoms with Crippen LogP contribution in [0.4, 0.5) is 14.5 Å². The summed E-state index contributed by atoms with van der Waals surface area (Å²) in [7, 11) is -4.14. The molecule has 2 aromatic carbocycles. The first-order chi connectivity index (χ1) is 22.3. The number of carbonyl (C=O) groups is 4. The van der Waals surface area contributed by atoms with Crippen molar-refractivity contribution in [3.8, 4) is 0 Å². The molecule has 2 aliphatic heterocycles. The normalized spacial score (nSPS) is 20.7. The fraction of sp³-hybridized carbons (Fsp3) is 0.455. The third-order valence-electron chi connectivity index (χ3n) is 9.13. The van der Waals surface area contributed by atoms with E-state index in [1.807, 2.05) is 24.3 Å². The standard InChI is InChI=1S/C33H39F2N4O7PS/c1-19(40)38-15-14-24-11-12-26(31(43)37(5)23-9-6-21(7-10-23)32(2,3)4)39(24)30(42)25(18-38)36-29(41)28-17-20-16-22(8-13-27(20)48-28)33(34,35)47(44,45)46/h6-10,13,16-17,24-26H,11-12,14-15,18H2,1-5H3,(H,36,41)(H2,44,45,46)/t24-,25?,26+/m1/s1. The molecule has 3 heterocycles. The average molecular weight is 705 g/mol. The van der Waals surface area contributed by atoms with Crippen molar-refractivity contribution < 1.29 is 42.3 Å². The summed E-state index contributed by atoms with van der Waals surface area (Å²) in [5.41, 5.74) is -3.60. The van der Waals surface area contributed by atoms with Gasteiger partial charge in [-0.2, -0.15) is 8.78 Å². The number of alkyl halides is 2. The Morgan fingerprint density at radius 3 is 2.25 bits per heavy atom. The van der Waals surface area contributed by atoms with Gasteiger partial charge in [0.1, 0.15) is 12.1 Å². The quantitative estimate of drug-likeness (QED) is 0.313. The van der Waals surface area contributed by atoms with Gasteiger partial charge in [-0.1, -0.05) is 39.0 Å². The van der Waals surface area contributed by atoms with Crippen molar-refractivity contribution in [2.24, 2.45) is 0 Å². The molecule has 258 valence electrons. The van der Waals surface area contributed by atoms with Crippen LogP contribution in [0.2, 0.25) is 0 Å². The van der Waals surface area contributed by atoms with Crippen molar-refractivity contribution >= 4 is 58.3 Å². The van der Waals surface area contributed by atoms with Gasteiger partial charge in [-0.25, -0.2) is 0 Å². The van der Waals surface area contributed by atoms with Gasteiger partial charge in [0, 0.05) is 49.1 Å². The maximum atomic E-state index is 14.3. The highest BCUT2D eigenvalue weighted by Gasteiger charge is 2.50. The highest BCUT2D eigenvalue weighted by atomic mass is 32.1. The monoisotopic (exact) mass is 704 g/mol. The van der Waals surface area contributed by atoms with Crippen molar-refractivity contribution in [3.05, 3.63) is 64.5 Å². The maximum Gasteiger partial charge on any atom is 0.399 e. The van der Waals surface area contributed by atoms with E-state index in [1.54, 1.807) is 11.9 Å². The van der Waals surface area contributed by atoms with E-state index in [0.29, 0.717) is 36.2 Å². The number of hydrogen-bond acceptors (Lipinski definition) is 6. The maximum absolute atomic E-state index is 14.3. The number of nitrogens with zero attached hydrogens (tertiary/aromatic N) is 3. The molecule has 2 aliphatic rings. The molecule has 48 heavy (non-hydrogen) atoms. The van der Waals surface area contributed by atoms with Gasteiger partial charge in [0.05, 0.1) is 4.88 Å². The molecule has 0 spiro atoms. The number of hydrogen-bond donors (Lipinski definition) is 3. The second kappa shape index (κ2) is 13.0. The van der Waals surface area contributed by atoms with Crippen LogP contribution < -0.4 is 10.2 Å². The first-order valence-corrected chi connectivity index (χ1v) is 18.0. The minimum absolute atomic E-state index is 0.0647. The van der Waals surface area contributed by atoms with Crippen LogP contribution in [0.5, 0.6) is 0 Å². The Hall–Kier alpha value is -3.71. The fourth-order valence-electron chi connectivity index (χ4n) is 6.29. The van der Waals surface area contributed by atoms with E-state index in [4.69, 9.17) is 9.79 Å². The third-order valence-corrected chi connectivity index (χ3v) is 11.2. The molecule has 3 atom stereocenters. The smallest absolute Gasteiger partial charge is 0.340 e. The third kappa shape index (κ3) is 6.89. The van der Waals surface area contributed by atoms with E-state index < -0.39 is 42.7 Å². The molecular weight excluding hydrogens is 665 g/mol. The molecule has 11 nitrogen and oxygen atoms in total. The van der Waals surface area contributed by atoms with Crippen LogP contribution in [0.25, 0.3) is 10.1 Å². The summed E-state index contributed by atoms with van der Waals surface area (Å²) in [6.07, 6.45) is 1.43. The van der Waals surface area contributed by atoms with E-state index in [1.165, 1.54) is 28.9 Å². The minimum atomic E-state index is -5.80. The van der Waals surface area contributed by atoms with Crippen LogP contribution in [-0.2, 0) is 30.0 Å². The number of carbonyl (C=O) groups excluding carboxylic acids is 4. The topological polar surface area (TPSA) is 148 Å². The van der Waals surface area contributed by atoms with Gasteiger partial charge in [-0.05, 0) is 66.0 Å².